The Bertz CT molecular complexity index is 1170. The predicted molar refractivity (Wildman–Crippen MR) is 303 cm³/mol. The van der Waals surface area contributed by atoms with Crippen LogP contribution in [0.3, 0.4) is 0 Å². The van der Waals surface area contributed by atoms with E-state index in [2.05, 4.69) is 26.0 Å². The van der Waals surface area contributed by atoms with Gasteiger partial charge in [0.15, 0.2) is 6.10 Å². The Kier molecular flexibility index (Phi) is 57.0. The van der Waals surface area contributed by atoms with Crippen molar-refractivity contribution in [1.29, 1.82) is 0 Å². The summed E-state index contributed by atoms with van der Waals surface area (Å²) in [6.45, 7) is 3.78. The number of carbonyl (C=O) groups excluding carboxylic acids is 2. The number of unbranched alkanes of at least 4 members (excludes halogenated alkanes) is 45. The highest BCUT2D eigenvalue weighted by atomic mass is 31.2. The Morgan fingerprint density at radius 1 is 0.408 bits per heavy atom. The molecule has 0 radical (unpaired) electrons. The molecular formula is C61H120NO8P. The Labute approximate surface area is 440 Å². The summed E-state index contributed by atoms with van der Waals surface area (Å²) in [6, 6.07) is 0. The molecule has 0 aromatic carbocycles. The van der Waals surface area contributed by atoms with Gasteiger partial charge >= 0.3 is 19.8 Å². The van der Waals surface area contributed by atoms with Crippen LogP contribution in [0.5, 0.6) is 0 Å². The molecule has 0 rings (SSSR count). The largest absolute Gasteiger partial charge is 0.472 e. The molecule has 0 aliphatic rings. The van der Waals surface area contributed by atoms with Gasteiger partial charge in [-0.15, -0.1) is 0 Å². The van der Waals surface area contributed by atoms with E-state index in [-0.39, 0.29) is 38.6 Å². The molecule has 3 N–H and O–H groups in total. The van der Waals surface area contributed by atoms with Crippen LogP contribution in [0.15, 0.2) is 12.2 Å². The normalized spacial score (nSPS) is 13.0. The van der Waals surface area contributed by atoms with E-state index < -0.39 is 26.5 Å². The molecule has 0 spiro atoms. The molecule has 0 fully saturated rings. The maximum absolute atomic E-state index is 12.6. The van der Waals surface area contributed by atoms with Gasteiger partial charge in [0.05, 0.1) is 13.2 Å². The van der Waals surface area contributed by atoms with Crippen LogP contribution in [-0.2, 0) is 32.7 Å². The number of hydrogen-bond acceptors (Lipinski definition) is 8. The summed E-state index contributed by atoms with van der Waals surface area (Å²) in [5, 5.41) is 0. The maximum atomic E-state index is 12.6. The molecule has 71 heavy (non-hydrogen) atoms. The van der Waals surface area contributed by atoms with E-state index in [0.717, 1.165) is 51.4 Å². The Morgan fingerprint density at radius 2 is 0.690 bits per heavy atom. The molecular weight excluding hydrogens is 906 g/mol. The number of hydrogen-bond donors (Lipinski definition) is 2. The molecule has 0 heterocycles. The lowest BCUT2D eigenvalue weighted by molar-refractivity contribution is -0.161. The van der Waals surface area contributed by atoms with Gasteiger partial charge < -0.3 is 20.1 Å². The third-order valence-corrected chi connectivity index (χ3v) is 15.1. The first kappa shape index (κ1) is 69.8. The van der Waals surface area contributed by atoms with Gasteiger partial charge in [-0.3, -0.25) is 18.6 Å². The lowest BCUT2D eigenvalue weighted by Crippen LogP contribution is -2.29. The minimum atomic E-state index is -4.38. The minimum absolute atomic E-state index is 0.0552. The fraction of sp³-hybridized carbons (Fsp3) is 0.934. The molecule has 10 heteroatoms. The van der Waals surface area contributed by atoms with Crippen molar-refractivity contribution >= 4 is 19.8 Å². The van der Waals surface area contributed by atoms with Crippen LogP contribution in [0.25, 0.3) is 0 Å². The SMILES string of the molecule is CCCCCCC/C=C\CCCCCCCC(=O)OC(COC(=O)CCCCCCCCCCCCCCCCCCCCCCCCCCCCCCCCCCCCCC)COP(=O)(O)OCCN. The number of phosphoric ester groups is 1. The Morgan fingerprint density at radius 3 is 1.00 bits per heavy atom. The molecule has 0 saturated heterocycles. The van der Waals surface area contributed by atoms with Crippen LogP contribution in [0.2, 0.25) is 0 Å². The van der Waals surface area contributed by atoms with E-state index in [9.17, 15) is 19.0 Å². The first-order chi connectivity index (χ1) is 34.8. The molecule has 0 aromatic rings. The van der Waals surface area contributed by atoms with E-state index >= 15 is 0 Å². The van der Waals surface area contributed by atoms with Crippen molar-refractivity contribution in [3.8, 4) is 0 Å². The third-order valence-electron chi connectivity index (χ3n) is 14.2. The van der Waals surface area contributed by atoms with Crippen LogP contribution in [0, 0.1) is 0 Å². The second kappa shape index (κ2) is 58.0. The highest BCUT2D eigenvalue weighted by molar-refractivity contribution is 7.47. The number of ether oxygens (including phenoxy) is 2. The van der Waals surface area contributed by atoms with Crippen molar-refractivity contribution < 1.29 is 37.6 Å². The average Bonchev–Trinajstić information content (AvgIpc) is 3.36. The van der Waals surface area contributed by atoms with Crippen molar-refractivity contribution in [2.75, 3.05) is 26.4 Å². The zero-order valence-electron chi connectivity index (χ0n) is 47.2. The Balaban J connectivity index is 3.73. The smallest absolute Gasteiger partial charge is 0.462 e. The number of phosphoric acid groups is 1. The van der Waals surface area contributed by atoms with Gasteiger partial charge in [0.1, 0.15) is 6.61 Å². The van der Waals surface area contributed by atoms with Gasteiger partial charge in [-0.1, -0.05) is 296 Å². The zero-order chi connectivity index (χ0) is 51.7. The van der Waals surface area contributed by atoms with Crippen LogP contribution in [0.4, 0.5) is 0 Å². The van der Waals surface area contributed by atoms with Crippen LogP contribution >= 0.6 is 7.82 Å². The highest BCUT2D eigenvalue weighted by Gasteiger charge is 2.26. The molecule has 0 aromatic heterocycles. The summed E-state index contributed by atoms with van der Waals surface area (Å²) in [7, 11) is -4.38. The second-order valence-corrected chi connectivity index (χ2v) is 22.7. The maximum Gasteiger partial charge on any atom is 0.472 e. The molecule has 0 aliphatic heterocycles. The van der Waals surface area contributed by atoms with E-state index in [1.165, 1.54) is 250 Å². The highest BCUT2D eigenvalue weighted by Crippen LogP contribution is 2.43. The quantitative estimate of drug-likeness (QED) is 0.0264. The molecule has 422 valence electrons. The molecule has 0 aliphatic carbocycles. The van der Waals surface area contributed by atoms with Crippen molar-refractivity contribution in [2.45, 2.75) is 341 Å². The summed E-state index contributed by atoms with van der Waals surface area (Å²) < 4.78 is 33.0. The minimum Gasteiger partial charge on any atom is -0.462 e. The van der Waals surface area contributed by atoms with E-state index in [1.54, 1.807) is 0 Å². The van der Waals surface area contributed by atoms with Crippen molar-refractivity contribution in [3.05, 3.63) is 12.2 Å². The first-order valence-electron chi connectivity index (χ1n) is 31.2. The molecule has 0 saturated carbocycles. The summed E-state index contributed by atoms with van der Waals surface area (Å²) in [4.78, 5) is 35.1. The third kappa shape index (κ3) is 57.9. The monoisotopic (exact) mass is 1030 g/mol. The van der Waals surface area contributed by atoms with Crippen LogP contribution in [-0.4, -0.2) is 49.3 Å². The summed E-state index contributed by atoms with van der Waals surface area (Å²) in [6.07, 6.45) is 67.4. The number of rotatable bonds is 60. The fourth-order valence-corrected chi connectivity index (χ4v) is 10.3. The van der Waals surface area contributed by atoms with E-state index in [1.807, 2.05) is 0 Å². The fourth-order valence-electron chi connectivity index (χ4n) is 9.52. The van der Waals surface area contributed by atoms with E-state index in [4.69, 9.17) is 24.3 Å². The molecule has 9 nitrogen and oxygen atoms in total. The lowest BCUT2D eigenvalue weighted by atomic mass is 10.0. The summed E-state index contributed by atoms with van der Waals surface area (Å²) in [5.74, 6) is -0.820. The van der Waals surface area contributed by atoms with Gasteiger partial charge in [0, 0.05) is 19.4 Å². The molecule has 2 atom stereocenters. The van der Waals surface area contributed by atoms with Gasteiger partial charge in [0.2, 0.25) is 0 Å². The first-order valence-corrected chi connectivity index (χ1v) is 32.7. The zero-order valence-corrected chi connectivity index (χ0v) is 48.1. The summed E-state index contributed by atoms with van der Waals surface area (Å²) in [5.41, 5.74) is 5.37. The predicted octanol–water partition coefficient (Wildman–Crippen LogP) is 19.6. The van der Waals surface area contributed by atoms with Gasteiger partial charge in [0.25, 0.3) is 0 Å². The second-order valence-electron chi connectivity index (χ2n) is 21.3. The van der Waals surface area contributed by atoms with Crippen molar-refractivity contribution in [1.82, 2.24) is 0 Å². The van der Waals surface area contributed by atoms with Crippen molar-refractivity contribution in [3.63, 3.8) is 0 Å². The molecule has 2 unspecified atom stereocenters. The number of carbonyl (C=O) groups is 2. The summed E-state index contributed by atoms with van der Waals surface area (Å²) >= 11 is 0. The van der Waals surface area contributed by atoms with Crippen LogP contribution < -0.4 is 5.73 Å². The van der Waals surface area contributed by atoms with Crippen LogP contribution in [0.1, 0.15) is 335 Å². The lowest BCUT2D eigenvalue weighted by Gasteiger charge is -2.19. The van der Waals surface area contributed by atoms with Gasteiger partial charge in [-0.05, 0) is 38.5 Å². The van der Waals surface area contributed by atoms with Gasteiger partial charge in [-0.2, -0.15) is 0 Å². The number of nitrogens with two attached hydrogens (primary N) is 1. The van der Waals surface area contributed by atoms with Crippen molar-refractivity contribution in [2.24, 2.45) is 5.73 Å². The number of esters is 2. The standard InChI is InChI=1S/C61H120NO8P/c1-3-5-7-9-11-13-15-17-19-20-21-22-23-24-25-26-27-28-29-30-31-32-33-34-35-36-37-38-39-40-42-43-45-47-49-51-53-60(63)67-57-59(58-69-71(65,66)68-56-55-62)70-61(64)54-52-50-48-46-44-41-18-16-14-12-10-8-6-4-2/h16,18,59H,3-15,17,19-58,62H2,1-2H3,(H,65,66)/b18-16-. The average molecular weight is 1030 g/mol. The number of allylic oxidation sites excluding steroid dienone is 2. The Hall–Kier alpha value is -1.25. The van der Waals surface area contributed by atoms with E-state index in [0.29, 0.717) is 6.42 Å². The molecule has 0 amide bonds. The topological polar surface area (TPSA) is 134 Å². The molecule has 0 bridgehead atoms. The van der Waals surface area contributed by atoms with Gasteiger partial charge in [-0.25, -0.2) is 4.57 Å².